The van der Waals surface area contributed by atoms with Crippen LogP contribution in [0.3, 0.4) is 0 Å². The van der Waals surface area contributed by atoms with Crippen LogP contribution in [0.1, 0.15) is 36.5 Å². The first-order valence-corrected chi connectivity index (χ1v) is 12.6. The maximum Gasteiger partial charge on any atom is 0.455 e. The topological polar surface area (TPSA) is 122 Å². The van der Waals surface area contributed by atoms with Gasteiger partial charge in [-0.25, -0.2) is 0 Å². The number of aliphatic hydroxyl groups is 1. The number of likely N-dealkylation sites (tertiary alicyclic amines) is 1. The van der Waals surface area contributed by atoms with Crippen molar-refractivity contribution in [1.29, 1.82) is 0 Å². The summed E-state index contributed by atoms with van der Waals surface area (Å²) in [6.07, 6.45) is 4.99. The highest BCUT2D eigenvalue weighted by atomic mass is 16.5. The number of carbonyl (C=O) groups excluding carboxylic acids is 2. The summed E-state index contributed by atoms with van der Waals surface area (Å²) in [5, 5.41) is 20.0. The molecular weight excluding hydrogens is 475 g/mol. The standard InChI is InChI=1S/C27H31BN2O7/c1-30-26(32)20-12-17(15-35-2)24-21(25(20)27(30)33)13-28(34)37-23(24)9-6-16(22-5-3-4-10-29-22)11-18-7-8-19(14-31)36-18/h3-5,7-8,10-11,20-21,23,25,31,34H,6,9,12-15H2,1-2H3/b16-11-/t20-,21+,23-,25-/m1/s1. The van der Waals surface area contributed by atoms with Gasteiger partial charge in [0.2, 0.25) is 11.8 Å². The van der Waals surface area contributed by atoms with Gasteiger partial charge in [0.1, 0.15) is 18.1 Å². The van der Waals surface area contributed by atoms with Gasteiger partial charge in [-0.2, -0.15) is 0 Å². The molecule has 3 aliphatic rings. The molecule has 2 saturated heterocycles. The number of hydrogen-bond acceptors (Lipinski definition) is 8. The van der Waals surface area contributed by atoms with Gasteiger partial charge in [-0.3, -0.25) is 19.5 Å². The molecule has 2 N–H and O–H groups in total. The fraction of sp³-hybridized carbons (Fsp3) is 0.444. The van der Waals surface area contributed by atoms with Crippen molar-refractivity contribution in [3.63, 3.8) is 0 Å². The number of aliphatic hydroxyl groups excluding tert-OH is 1. The normalized spacial score (nSPS) is 26.1. The third-order valence-electron chi connectivity index (χ3n) is 7.67. The molecule has 37 heavy (non-hydrogen) atoms. The summed E-state index contributed by atoms with van der Waals surface area (Å²) < 4.78 is 17.2. The molecule has 0 saturated carbocycles. The van der Waals surface area contributed by atoms with Gasteiger partial charge < -0.3 is 23.9 Å². The summed E-state index contributed by atoms with van der Waals surface area (Å²) in [5.74, 6) is -0.468. The Morgan fingerprint density at radius 3 is 2.78 bits per heavy atom. The van der Waals surface area contributed by atoms with E-state index in [9.17, 15) is 19.7 Å². The van der Waals surface area contributed by atoms with E-state index in [2.05, 4.69) is 4.98 Å². The van der Waals surface area contributed by atoms with Crippen molar-refractivity contribution in [3.8, 4) is 0 Å². The van der Waals surface area contributed by atoms with Crippen LogP contribution in [0.4, 0.5) is 0 Å². The summed E-state index contributed by atoms with van der Waals surface area (Å²) >= 11 is 0. The Labute approximate surface area is 215 Å². The van der Waals surface area contributed by atoms with Gasteiger partial charge in [0, 0.05) is 20.4 Å². The minimum absolute atomic E-state index is 0.166. The van der Waals surface area contributed by atoms with Crippen molar-refractivity contribution in [1.82, 2.24) is 9.88 Å². The first kappa shape index (κ1) is 25.6. The zero-order valence-electron chi connectivity index (χ0n) is 21.0. The van der Waals surface area contributed by atoms with Crippen LogP contribution >= 0.6 is 0 Å². The molecule has 0 unspecified atom stereocenters. The molecule has 2 fully saturated rings. The van der Waals surface area contributed by atoms with Crippen molar-refractivity contribution in [2.45, 2.75) is 38.3 Å². The lowest BCUT2D eigenvalue weighted by atomic mass is 9.58. The molecule has 4 atom stereocenters. The number of methoxy groups -OCH3 is 1. The van der Waals surface area contributed by atoms with Crippen LogP contribution < -0.4 is 0 Å². The summed E-state index contributed by atoms with van der Waals surface area (Å²) in [4.78, 5) is 31.6. The monoisotopic (exact) mass is 506 g/mol. The SMILES string of the molecule is COCC1=C2[C@@H](CC/C(=C/c3ccc(CO)o3)c3ccccn3)OB(O)C[C@@H]2[C@@H]2C(=O)N(C)C(=O)[C@@H]2C1. The number of aromatic nitrogens is 1. The van der Waals surface area contributed by atoms with Gasteiger partial charge in [-0.1, -0.05) is 6.07 Å². The highest BCUT2D eigenvalue weighted by molar-refractivity contribution is 6.43. The Morgan fingerprint density at radius 2 is 2.08 bits per heavy atom. The number of amides is 2. The molecular formula is C27H31BN2O7. The van der Waals surface area contributed by atoms with E-state index in [1.54, 1.807) is 25.4 Å². The van der Waals surface area contributed by atoms with Gasteiger partial charge in [0.25, 0.3) is 0 Å². The molecule has 9 nitrogen and oxygen atoms in total. The van der Waals surface area contributed by atoms with Gasteiger partial charge in [0.15, 0.2) is 0 Å². The number of hydrogen-bond donors (Lipinski definition) is 2. The number of fused-ring (bicyclic) bond motifs is 3. The van der Waals surface area contributed by atoms with Gasteiger partial charge in [-0.15, -0.1) is 0 Å². The van der Waals surface area contributed by atoms with Crippen LogP contribution in [-0.4, -0.2) is 65.8 Å². The number of pyridine rings is 1. The lowest BCUT2D eigenvalue weighted by Gasteiger charge is -2.43. The summed E-state index contributed by atoms with van der Waals surface area (Å²) in [6.45, 7) is 0.159. The summed E-state index contributed by atoms with van der Waals surface area (Å²) in [7, 11) is 2.11. The second-order valence-electron chi connectivity index (χ2n) is 9.87. The van der Waals surface area contributed by atoms with Gasteiger partial charge in [0.05, 0.1) is 30.2 Å². The molecule has 2 amide bonds. The Bertz CT molecular complexity index is 1220. The Hall–Kier alpha value is -3.05. The predicted octanol–water partition coefficient (Wildman–Crippen LogP) is 2.56. The average Bonchev–Trinajstić information content (AvgIpc) is 3.45. The second kappa shape index (κ2) is 10.7. The number of ether oxygens (including phenoxy) is 1. The molecule has 0 bridgehead atoms. The predicted molar refractivity (Wildman–Crippen MR) is 135 cm³/mol. The molecule has 1 aliphatic carbocycles. The minimum atomic E-state index is -1.03. The zero-order valence-corrected chi connectivity index (χ0v) is 21.0. The van der Waals surface area contributed by atoms with Crippen molar-refractivity contribution in [3.05, 3.63) is 64.9 Å². The summed E-state index contributed by atoms with van der Waals surface area (Å²) in [5.41, 5.74) is 3.65. The van der Waals surface area contributed by atoms with E-state index in [4.69, 9.17) is 13.8 Å². The molecule has 2 aromatic rings. The first-order valence-electron chi connectivity index (χ1n) is 12.6. The zero-order chi connectivity index (χ0) is 26.1. The molecule has 2 aromatic heterocycles. The number of furan rings is 1. The third kappa shape index (κ3) is 4.94. The van der Waals surface area contributed by atoms with Crippen LogP contribution in [-0.2, 0) is 25.6 Å². The van der Waals surface area contributed by atoms with Crippen molar-refractivity contribution in [2.75, 3.05) is 20.8 Å². The molecule has 5 rings (SSSR count). The summed E-state index contributed by atoms with van der Waals surface area (Å²) in [6, 6.07) is 9.20. The van der Waals surface area contributed by atoms with Crippen molar-refractivity contribution < 1.29 is 33.5 Å². The van der Waals surface area contributed by atoms with Crippen LogP contribution in [0.25, 0.3) is 11.6 Å². The molecule has 194 valence electrons. The van der Waals surface area contributed by atoms with Crippen molar-refractivity contribution in [2.24, 2.45) is 17.8 Å². The highest BCUT2D eigenvalue weighted by Gasteiger charge is 2.56. The minimum Gasteiger partial charge on any atom is -0.459 e. The van der Waals surface area contributed by atoms with Gasteiger partial charge >= 0.3 is 7.12 Å². The van der Waals surface area contributed by atoms with Crippen molar-refractivity contribution >= 4 is 30.6 Å². The largest absolute Gasteiger partial charge is 0.459 e. The quantitative estimate of drug-likeness (QED) is 0.318. The van der Waals surface area contributed by atoms with Crippen LogP contribution in [0.15, 0.2) is 52.1 Å². The molecule has 10 heteroatoms. The van der Waals surface area contributed by atoms with Crippen LogP contribution in [0.5, 0.6) is 0 Å². The molecule has 0 aromatic carbocycles. The van der Waals surface area contributed by atoms with E-state index >= 15 is 0 Å². The molecule has 0 radical (unpaired) electrons. The smallest absolute Gasteiger partial charge is 0.455 e. The van der Waals surface area contributed by atoms with E-state index in [1.165, 1.54) is 11.9 Å². The maximum absolute atomic E-state index is 13.0. The first-order chi connectivity index (χ1) is 17.9. The van der Waals surface area contributed by atoms with E-state index in [-0.39, 0.29) is 30.7 Å². The lowest BCUT2D eigenvalue weighted by molar-refractivity contribution is -0.138. The van der Waals surface area contributed by atoms with Gasteiger partial charge in [-0.05, 0) is 78.6 Å². The number of carbonyl (C=O) groups is 2. The number of imide groups is 1. The van der Waals surface area contributed by atoms with E-state index in [0.29, 0.717) is 37.4 Å². The average molecular weight is 506 g/mol. The molecule has 0 spiro atoms. The molecule has 4 heterocycles. The lowest BCUT2D eigenvalue weighted by Crippen LogP contribution is -2.46. The Balaban J connectivity index is 1.47. The number of nitrogens with zero attached hydrogens (tertiary/aromatic N) is 2. The Kier molecular flexibility index (Phi) is 7.44. The Morgan fingerprint density at radius 1 is 1.24 bits per heavy atom. The van der Waals surface area contributed by atoms with E-state index in [0.717, 1.165) is 22.4 Å². The maximum atomic E-state index is 13.0. The fourth-order valence-corrected chi connectivity index (χ4v) is 6.07. The number of allylic oxidation sites excluding steroid dienone is 1. The van der Waals surface area contributed by atoms with Crippen LogP contribution in [0, 0.1) is 17.8 Å². The number of rotatable bonds is 8. The van der Waals surface area contributed by atoms with Crippen LogP contribution in [0.2, 0.25) is 6.32 Å². The second-order valence-corrected chi connectivity index (χ2v) is 9.87. The molecule has 2 aliphatic heterocycles. The highest BCUT2D eigenvalue weighted by Crippen LogP contribution is 2.50. The van der Waals surface area contributed by atoms with E-state index < -0.39 is 25.1 Å². The third-order valence-corrected chi connectivity index (χ3v) is 7.67. The van der Waals surface area contributed by atoms with E-state index in [1.807, 2.05) is 24.3 Å². The fourth-order valence-electron chi connectivity index (χ4n) is 6.07.